The number of carboxylic acids is 1. The molecule has 0 fully saturated rings. The Bertz CT molecular complexity index is 635. The predicted molar refractivity (Wildman–Crippen MR) is 76.5 cm³/mol. The van der Waals surface area contributed by atoms with Gasteiger partial charge < -0.3 is 9.84 Å². The second-order valence-electron chi connectivity index (χ2n) is 4.94. The molecule has 0 unspecified atom stereocenters. The minimum absolute atomic E-state index is 0.175. The zero-order valence-electron chi connectivity index (χ0n) is 11.8. The van der Waals surface area contributed by atoms with E-state index in [-0.39, 0.29) is 5.56 Å². The largest absolute Gasteiger partial charge is 0.478 e. The molecule has 4 nitrogen and oxygen atoms in total. The quantitative estimate of drug-likeness (QED) is 0.912. The number of aromatic carboxylic acids is 1. The van der Waals surface area contributed by atoms with Gasteiger partial charge in [-0.1, -0.05) is 32.0 Å². The van der Waals surface area contributed by atoms with Gasteiger partial charge >= 0.3 is 5.97 Å². The summed E-state index contributed by atoms with van der Waals surface area (Å²) in [4.78, 5) is 15.3. The molecule has 1 heterocycles. The summed E-state index contributed by atoms with van der Waals surface area (Å²) in [6.07, 6.45) is 0. The van der Waals surface area contributed by atoms with E-state index in [1.54, 1.807) is 6.92 Å². The molecule has 1 aromatic carbocycles. The van der Waals surface area contributed by atoms with Gasteiger partial charge in [-0.3, -0.25) is 0 Å². The van der Waals surface area contributed by atoms with Crippen molar-refractivity contribution in [2.24, 2.45) is 0 Å². The first kappa shape index (κ1) is 14.1. The lowest BCUT2D eigenvalue weighted by Crippen LogP contribution is -2.01. The number of para-hydroxylation sites is 1. The van der Waals surface area contributed by atoms with Crippen molar-refractivity contribution in [2.45, 2.75) is 26.7 Å². The molecule has 1 aromatic heterocycles. The first-order valence-corrected chi connectivity index (χ1v) is 6.46. The van der Waals surface area contributed by atoms with Crippen molar-refractivity contribution in [1.82, 2.24) is 4.98 Å². The maximum atomic E-state index is 11.0. The molecular weight excluding hydrogens is 254 g/mol. The van der Waals surface area contributed by atoms with E-state index in [1.807, 2.05) is 24.3 Å². The van der Waals surface area contributed by atoms with Gasteiger partial charge in [0.2, 0.25) is 5.88 Å². The highest BCUT2D eigenvalue weighted by molar-refractivity contribution is 5.88. The van der Waals surface area contributed by atoms with Gasteiger partial charge in [-0.25, -0.2) is 9.78 Å². The van der Waals surface area contributed by atoms with Crippen molar-refractivity contribution in [2.75, 3.05) is 0 Å². The summed E-state index contributed by atoms with van der Waals surface area (Å²) in [7, 11) is 0. The molecule has 0 spiro atoms. The molecule has 104 valence electrons. The molecule has 1 N–H and O–H groups in total. The molecule has 0 atom stereocenters. The average Bonchev–Trinajstić information content (AvgIpc) is 2.38. The third-order valence-electron chi connectivity index (χ3n) is 2.93. The molecule has 0 aliphatic rings. The number of hydrogen-bond acceptors (Lipinski definition) is 3. The van der Waals surface area contributed by atoms with E-state index in [9.17, 15) is 4.79 Å². The lowest BCUT2D eigenvalue weighted by atomic mass is 10.0. The van der Waals surface area contributed by atoms with Gasteiger partial charge in [-0.2, -0.15) is 0 Å². The second-order valence-corrected chi connectivity index (χ2v) is 4.94. The van der Waals surface area contributed by atoms with Crippen LogP contribution in [0.2, 0.25) is 0 Å². The predicted octanol–water partition coefficient (Wildman–Crippen LogP) is 4.00. The smallest absolute Gasteiger partial charge is 0.335 e. The molecule has 0 aliphatic carbocycles. The standard InChI is InChI=1S/C16H17NO3/c1-10(2)13-6-4-5-7-14(13)20-15-9-12(16(18)19)8-11(3)17-15/h4-10H,1-3H3,(H,18,19). The van der Waals surface area contributed by atoms with E-state index in [0.717, 1.165) is 5.56 Å². The van der Waals surface area contributed by atoms with Gasteiger partial charge in [0.25, 0.3) is 0 Å². The maximum Gasteiger partial charge on any atom is 0.335 e. The van der Waals surface area contributed by atoms with Crippen LogP contribution in [0.1, 0.15) is 41.4 Å². The van der Waals surface area contributed by atoms with Crippen LogP contribution in [0.15, 0.2) is 36.4 Å². The van der Waals surface area contributed by atoms with Crippen LogP contribution >= 0.6 is 0 Å². The number of nitrogens with zero attached hydrogens (tertiary/aromatic N) is 1. The Hall–Kier alpha value is -2.36. The minimum Gasteiger partial charge on any atom is -0.478 e. The number of rotatable bonds is 4. The van der Waals surface area contributed by atoms with Gasteiger partial charge in [0, 0.05) is 11.8 Å². The van der Waals surface area contributed by atoms with Crippen molar-refractivity contribution < 1.29 is 14.6 Å². The molecule has 0 saturated heterocycles. The number of aryl methyl sites for hydroxylation is 1. The summed E-state index contributed by atoms with van der Waals surface area (Å²) in [5, 5.41) is 9.06. The Kier molecular flexibility index (Phi) is 4.03. The van der Waals surface area contributed by atoms with Crippen LogP contribution in [0.5, 0.6) is 11.6 Å². The number of carbonyl (C=O) groups is 1. The summed E-state index contributed by atoms with van der Waals surface area (Å²) >= 11 is 0. The van der Waals surface area contributed by atoms with E-state index in [0.29, 0.717) is 23.2 Å². The van der Waals surface area contributed by atoms with Crippen molar-refractivity contribution in [1.29, 1.82) is 0 Å². The summed E-state index contributed by atoms with van der Waals surface area (Å²) < 4.78 is 5.77. The number of pyridine rings is 1. The zero-order valence-corrected chi connectivity index (χ0v) is 11.8. The van der Waals surface area contributed by atoms with E-state index in [2.05, 4.69) is 18.8 Å². The molecule has 0 saturated carbocycles. The Morgan fingerprint density at radius 3 is 2.60 bits per heavy atom. The molecule has 4 heteroatoms. The number of benzene rings is 1. The maximum absolute atomic E-state index is 11.0. The Morgan fingerprint density at radius 2 is 1.95 bits per heavy atom. The van der Waals surface area contributed by atoms with Crippen molar-refractivity contribution in [3.8, 4) is 11.6 Å². The lowest BCUT2D eigenvalue weighted by molar-refractivity contribution is 0.0696. The van der Waals surface area contributed by atoms with Crippen LogP contribution in [0.25, 0.3) is 0 Å². The fourth-order valence-electron chi connectivity index (χ4n) is 1.98. The second kappa shape index (κ2) is 5.74. The van der Waals surface area contributed by atoms with Gasteiger partial charge in [0.1, 0.15) is 5.75 Å². The highest BCUT2D eigenvalue weighted by atomic mass is 16.5. The SMILES string of the molecule is Cc1cc(C(=O)O)cc(Oc2ccccc2C(C)C)n1. The van der Waals surface area contributed by atoms with E-state index in [4.69, 9.17) is 9.84 Å². The van der Waals surface area contributed by atoms with E-state index in [1.165, 1.54) is 12.1 Å². The van der Waals surface area contributed by atoms with Crippen LogP contribution in [0.4, 0.5) is 0 Å². The highest BCUT2D eigenvalue weighted by Gasteiger charge is 2.11. The van der Waals surface area contributed by atoms with Crippen LogP contribution < -0.4 is 4.74 Å². The Labute approximate surface area is 118 Å². The Balaban J connectivity index is 2.37. The molecule has 2 rings (SSSR count). The fourth-order valence-corrected chi connectivity index (χ4v) is 1.98. The van der Waals surface area contributed by atoms with Crippen LogP contribution in [-0.2, 0) is 0 Å². The molecule has 0 amide bonds. The summed E-state index contributed by atoms with van der Waals surface area (Å²) in [5.41, 5.74) is 1.85. The van der Waals surface area contributed by atoms with Crippen LogP contribution in [0.3, 0.4) is 0 Å². The van der Waals surface area contributed by atoms with Gasteiger partial charge in [-0.05, 0) is 30.5 Å². The van der Waals surface area contributed by atoms with Crippen molar-refractivity contribution >= 4 is 5.97 Å². The topological polar surface area (TPSA) is 59.4 Å². The average molecular weight is 271 g/mol. The number of aromatic nitrogens is 1. The normalized spacial score (nSPS) is 10.6. The lowest BCUT2D eigenvalue weighted by Gasteiger charge is -2.13. The van der Waals surface area contributed by atoms with Gasteiger partial charge in [0.05, 0.1) is 5.56 Å². The highest BCUT2D eigenvalue weighted by Crippen LogP contribution is 2.29. The molecular formula is C16H17NO3. The molecule has 0 aliphatic heterocycles. The van der Waals surface area contributed by atoms with E-state index < -0.39 is 5.97 Å². The van der Waals surface area contributed by atoms with Crippen molar-refractivity contribution in [3.05, 3.63) is 53.2 Å². The molecule has 20 heavy (non-hydrogen) atoms. The van der Waals surface area contributed by atoms with Gasteiger partial charge in [0.15, 0.2) is 0 Å². The van der Waals surface area contributed by atoms with E-state index >= 15 is 0 Å². The van der Waals surface area contributed by atoms with Gasteiger partial charge in [-0.15, -0.1) is 0 Å². The zero-order chi connectivity index (χ0) is 14.7. The third-order valence-corrected chi connectivity index (χ3v) is 2.93. The first-order chi connectivity index (χ1) is 9.47. The summed E-state index contributed by atoms with van der Waals surface area (Å²) in [5.74, 6) is 0.333. The third kappa shape index (κ3) is 3.15. The summed E-state index contributed by atoms with van der Waals surface area (Å²) in [6.45, 7) is 5.90. The van der Waals surface area contributed by atoms with Crippen LogP contribution in [0, 0.1) is 6.92 Å². The number of ether oxygens (including phenoxy) is 1. The number of hydrogen-bond donors (Lipinski definition) is 1. The van der Waals surface area contributed by atoms with Crippen LogP contribution in [-0.4, -0.2) is 16.1 Å². The first-order valence-electron chi connectivity index (χ1n) is 6.46. The molecule has 0 radical (unpaired) electrons. The number of carboxylic acid groups (broad SMARTS) is 1. The molecule has 2 aromatic rings. The molecule has 0 bridgehead atoms. The Morgan fingerprint density at radius 1 is 1.25 bits per heavy atom. The summed E-state index contributed by atoms with van der Waals surface area (Å²) in [6, 6.07) is 10.6. The minimum atomic E-state index is -0.988. The fraction of sp³-hybridized carbons (Fsp3) is 0.250. The van der Waals surface area contributed by atoms with Crippen molar-refractivity contribution in [3.63, 3.8) is 0 Å². The monoisotopic (exact) mass is 271 g/mol.